The first-order valence-corrected chi connectivity index (χ1v) is 9.24. The van der Waals surface area contributed by atoms with E-state index < -0.39 is 5.82 Å². The highest BCUT2D eigenvalue weighted by Gasteiger charge is 2.18. The number of aromatic nitrogens is 3. The SMILES string of the molecule is N#Cc1cc(C#N)cc(Oc2c(Cl)ccc(Cc3n[nH]c4c(C#N)nccc34)c2F)c1. The second kappa shape index (κ2) is 8.12. The zero-order chi connectivity index (χ0) is 22.0. The van der Waals surface area contributed by atoms with Gasteiger partial charge in [-0.1, -0.05) is 17.7 Å². The van der Waals surface area contributed by atoms with E-state index in [0.29, 0.717) is 16.6 Å². The average molecular weight is 429 g/mol. The Balaban J connectivity index is 1.72. The molecule has 0 bridgehead atoms. The number of rotatable bonds is 4. The van der Waals surface area contributed by atoms with Gasteiger partial charge < -0.3 is 4.74 Å². The molecule has 0 radical (unpaired) electrons. The average Bonchev–Trinajstić information content (AvgIpc) is 3.21. The van der Waals surface area contributed by atoms with Gasteiger partial charge in [0.15, 0.2) is 17.3 Å². The summed E-state index contributed by atoms with van der Waals surface area (Å²) >= 11 is 6.15. The Kier molecular flexibility index (Phi) is 5.20. The summed E-state index contributed by atoms with van der Waals surface area (Å²) in [4.78, 5) is 3.97. The summed E-state index contributed by atoms with van der Waals surface area (Å²) in [6.07, 6.45) is 1.59. The van der Waals surface area contributed by atoms with Gasteiger partial charge in [0.1, 0.15) is 17.3 Å². The quantitative estimate of drug-likeness (QED) is 0.500. The molecule has 31 heavy (non-hydrogen) atoms. The lowest BCUT2D eigenvalue weighted by Gasteiger charge is -2.12. The smallest absolute Gasteiger partial charge is 0.181 e. The molecule has 0 atom stereocenters. The first-order valence-electron chi connectivity index (χ1n) is 8.86. The first-order chi connectivity index (χ1) is 15.0. The molecule has 2 heterocycles. The largest absolute Gasteiger partial charge is 0.453 e. The van der Waals surface area contributed by atoms with E-state index in [-0.39, 0.29) is 45.3 Å². The van der Waals surface area contributed by atoms with E-state index >= 15 is 4.39 Å². The van der Waals surface area contributed by atoms with Crippen LogP contribution in [0.4, 0.5) is 4.39 Å². The molecular weight excluding hydrogens is 419 g/mol. The Morgan fingerprint density at radius 3 is 2.45 bits per heavy atom. The summed E-state index contributed by atoms with van der Waals surface area (Å²) in [7, 11) is 0. The van der Waals surface area contributed by atoms with Crippen molar-refractivity contribution in [2.45, 2.75) is 6.42 Å². The molecular formula is C22H10ClFN6O. The molecule has 1 N–H and O–H groups in total. The second-order valence-electron chi connectivity index (χ2n) is 6.46. The standard InChI is InChI=1S/C22H10ClFN6O/c23-17-2-1-14(8-18-16-3-4-28-19(11-27)21(16)30-29-18)20(24)22(17)31-15-6-12(9-25)5-13(7-15)10-26/h1-7H,8H2,(H,29,30). The minimum absolute atomic E-state index is 0.0324. The second-order valence-corrected chi connectivity index (χ2v) is 6.87. The van der Waals surface area contributed by atoms with Crippen molar-refractivity contribution in [3.05, 3.63) is 81.5 Å². The maximum atomic E-state index is 15.3. The Morgan fingerprint density at radius 2 is 1.77 bits per heavy atom. The molecule has 2 aromatic carbocycles. The van der Waals surface area contributed by atoms with Crippen LogP contribution < -0.4 is 4.74 Å². The van der Waals surface area contributed by atoms with Crippen LogP contribution in [0.3, 0.4) is 0 Å². The highest BCUT2D eigenvalue weighted by Crippen LogP contribution is 2.35. The summed E-state index contributed by atoms with van der Waals surface area (Å²) in [5.74, 6) is -0.806. The number of nitriles is 3. The van der Waals surface area contributed by atoms with Crippen molar-refractivity contribution in [3.8, 4) is 29.7 Å². The van der Waals surface area contributed by atoms with Gasteiger partial charge in [-0.2, -0.15) is 20.9 Å². The fraction of sp³-hybridized carbons (Fsp3) is 0.0455. The monoisotopic (exact) mass is 428 g/mol. The molecule has 2 aromatic heterocycles. The number of pyridine rings is 1. The van der Waals surface area contributed by atoms with Crippen molar-refractivity contribution in [2.24, 2.45) is 0 Å². The predicted octanol–water partition coefficient (Wildman–Crippen LogP) is 4.75. The van der Waals surface area contributed by atoms with Crippen molar-refractivity contribution in [3.63, 3.8) is 0 Å². The fourth-order valence-electron chi connectivity index (χ4n) is 3.11. The van der Waals surface area contributed by atoms with Crippen LogP contribution in [0.1, 0.15) is 28.1 Å². The van der Waals surface area contributed by atoms with E-state index in [9.17, 15) is 0 Å². The van der Waals surface area contributed by atoms with Crippen LogP contribution >= 0.6 is 11.6 Å². The van der Waals surface area contributed by atoms with Gasteiger partial charge >= 0.3 is 0 Å². The maximum Gasteiger partial charge on any atom is 0.181 e. The maximum absolute atomic E-state index is 15.3. The molecule has 7 nitrogen and oxygen atoms in total. The van der Waals surface area contributed by atoms with Gasteiger partial charge in [0.25, 0.3) is 0 Å². The van der Waals surface area contributed by atoms with Crippen LogP contribution in [-0.2, 0) is 6.42 Å². The number of aromatic amines is 1. The molecule has 4 rings (SSSR count). The Hall–Kier alpha value is -4.45. The van der Waals surface area contributed by atoms with Crippen molar-refractivity contribution in [1.82, 2.24) is 15.2 Å². The highest BCUT2D eigenvalue weighted by atomic mass is 35.5. The molecule has 9 heteroatoms. The molecule has 0 amide bonds. The van der Waals surface area contributed by atoms with E-state index in [0.717, 1.165) is 0 Å². The lowest BCUT2D eigenvalue weighted by atomic mass is 10.1. The molecule has 0 aliphatic carbocycles. The van der Waals surface area contributed by atoms with Crippen LogP contribution in [0, 0.1) is 39.8 Å². The molecule has 0 spiro atoms. The van der Waals surface area contributed by atoms with Crippen LogP contribution in [0.25, 0.3) is 10.9 Å². The van der Waals surface area contributed by atoms with E-state index in [1.807, 2.05) is 18.2 Å². The van der Waals surface area contributed by atoms with Gasteiger partial charge in [-0.15, -0.1) is 0 Å². The van der Waals surface area contributed by atoms with E-state index in [1.54, 1.807) is 6.07 Å². The third kappa shape index (κ3) is 3.74. The lowest BCUT2D eigenvalue weighted by molar-refractivity contribution is 0.439. The summed E-state index contributed by atoms with van der Waals surface area (Å²) in [5.41, 5.74) is 1.86. The van der Waals surface area contributed by atoms with Crippen molar-refractivity contribution >= 4 is 22.5 Å². The summed E-state index contributed by atoms with van der Waals surface area (Å²) in [5, 5.41) is 35.1. The zero-order valence-corrected chi connectivity index (χ0v) is 16.4. The predicted molar refractivity (Wildman–Crippen MR) is 109 cm³/mol. The zero-order valence-electron chi connectivity index (χ0n) is 15.6. The minimum atomic E-state index is -0.695. The Labute approximate surface area is 180 Å². The number of nitrogens with one attached hydrogen (secondary N) is 1. The number of hydrogen-bond donors (Lipinski definition) is 1. The van der Waals surface area contributed by atoms with Gasteiger partial charge in [0.2, 0.25) is 0 Å². The lowest BCUT2D eigenvalue weighted by Crippen LogP contribution is -1.98. The van der Waals surface area contributed by atoms with E-state index in [1.165, 1.54) is 36.5 Å². The van der Waals surface area contributed by atoms with E-state index in [4.69, 9.17) is 32.1 Å². The molecule has 0 aliphatic heterocycles. The number of ether oxygens (including phenoxy) is 1. The normalized spacial score (nSPS) is 10.3. The van der Waals surface area contributed by atoms with Gasteiger partial charge in [-0.25, -0.2) is 9.37 Å². The summed E-state index contributed by atoms with van der Waals surface area (Å²) in [6.45, 7) is 0. The molecule has 0 aliphatic rings. The van der Waals surface area contributed by atoms with Gasteiger partial charge in [-0.05, 0) is 35.9 Å². The van der Waals surface area contributed by atoms with Gasteiger partial charge in [0.05, 0.1) is 34.0 Å². The number of fused-ring (bicyclic) bond motifs is 1. The topological polar surface area (TPSA) is 122 Å². The number of benzene rings is 2. The molecule has 0 saturated carbocycles. The summed E-state index contributed by atoms with van der Waals surface area (Å²) < 4.78 is 20.9. The van der Waals surface area contributed by atoms with Crippen LogP contribution in [-0.4, -0.2) is 15.2 Å². The number of halogens is 2. The van der Waals surface area contributed by atoms with Crippen molar-refractivity contribution < 1.29 is 9.13 Å². The van der Waals surface area contributed by atoms with Gasteiger partial charge in [-0.3, -0.25) is 5.10 Å². The fourth-order valence-corrected chi connectivity index (χ4v) is 3.29. The van der Waals surface area contributed by atoms with Crippen molar-refractivity contribution in [2.75, 3.05) is 0 Å². The first kappa shape index (κ1) is 19.8. The van der Waals surface area contributed by atoms with Crippen LogP contribution in [0.5, 0.6) is 11.5 Å². The Bertz CT molecular complexity index is 1430. The van der Waals surface area contributed by atoms with Gasteiger partial charge in [0, 0.05) is 18.0 Å². The van der Waals surface area contributed by atoms with Crippen LogP contribution in [0.2, 0.25) is 5.02 Å². The van der Waals surface area contributed by atoms with Crippen molar-refractivity contribution in [1.29, 1.82) is 15.8 Å². The highest BCUT2D eigenvalue weighted by molar-refractivity contribution is 6.32. The van der Waals surface area contributed by atoms with E-state index in [2.05, 4.69) is 15.2 Å². The molecule has 0 fully saturated rings. The van der Waals surface area contributed by atoms with Crippen LogP contribution in [0.15, 0.2) is 42.6 Å². The third-order valence-electron chi connectivity index (χ3n) is 4.54. The molecule has 4 aromatic rings. The number of nitrogens with zero attached hydrogens (tertiary/aromatic N) is 5. The summed E-state index contributed by atoms with van der Waals surface area (Å²) in [6, 6.07) is 14.7. The Morgan fingerprint density at radius 1 is 1.03 bits per heavy atom. The third-order valence-corrected chi connectivity index (χ3v) is 4.84. The minimum Gasteiger partial charge on any atom is -0.453 e. The number of hydrogen-bond acceptors (Lipinski definition) is 6. The molecule has 0 unspecified atom stereocenters. The number of H-pyrrole nitrogens is 1. The molecule has 148 valence electrons. The molecule has 0 saturated heterocycles.